The molecule has 1 heterocycles. The minimum Gasteiger partial charge on any atom is -0.348 e. The molecule has 1 aromatic heterocycles. The normalized spacial score (nSPS) is 13.1. The molecule has 0 saturated carbocycles. The number of nitrogens with zero attached hydrogens (tertiary/aromatic N) is 1. The Bertz CT molecular complexity index is 852. The minimum atomic E-state index is 1.02. The molecular weight excluding hydrogens is 266 g/mol. The van der Waals surface area contributed by atoms with Crippen molar-refractivity contribution in [2.24, 2.45) is 7.05 Å². The number of rotatable bonds is 2. The fourth-order valence-corrected chi connectivity index (χ4v) is 3.49. The van der Waals surface area contributed by atoms with Gasteiger partial charge in [0.2, 0.25) is 0 Å². The molecule has 22 heavy (non-hydrogen) atoms. The van der Waals surface area contributed by atoms with Crippen molar-refractivity contribution in [3.8, 4) is 11.1 Å². The van der Waals surface area contributed by atoms with Crippen molar-refractivity contribution >= 4 is 11.6 Å². The fourth-order valence-electron chi connectivity index (χ4n) is 3.49. The van der Waals surface area contributed by atoms with Crippen LogP contribution in [0.4, 0.5) is 0 Å². The first-order valence-electron chi connectivity index (χ1n) is 7.75. The van der Waals surface area contributed by atoms with E-state index in [4.69, 9.17) is 0 Å². The maximum Gasteiger partial charge on any atom is 0.0451 e. The highest BCUT2D eigenvalue weighted by molar-refractivity contribution is 5.92. The van der Waals surface area contributed by atoms with Crippen molar-refractivity contribution in [3.63, 3.8) is 0 Å². The van der Waals surface area contributed by atoms with E-state index in [-0.39, 0.29) is 0 Å². The molecule has 1 aliphatic rings. The number of aromatic nitrogens is 1. The molecule has 0 fully saturated rings. The Morgan fingerprint density at radius 3 is 2.05 bits per heavy atom. The van der Waals surface area contributed by atoms with Crippen LogP contribution in [0.15, 0.2) is 60.7 Å². The van der Waals surface area contributed by atoms with Gasteiger partial charge in [0, 0.05) is 30.4 Å². The average Bonchev–Trinajstić information content (AvgIpc) is 3.09. The lowest BCUT2D eigenvalue weighted by Crippen LogP contribution is -1.93. The van der Waals surface area contributed by atoms with Crippen molar-refractivity contribution in [1.29, 1.82) is 0 Å². The van der Waals surface area contributed by atoms with E-state index in [0.717, 1.165) is 6.42 Å². The van der Waals surface area contributed by atoms with Crippen LogP contribution in [-0.2, 0) is 13.5 Å². The van der Waals surface area contributed by atoms with E-state index in [2.05, 4.69) is 85.3 Å². The van der Waals surface area contributed by atoms with E-state index >= 15 is 0 Å². The second-order valence-corrected chi connectivity index (χ2v) is 5.96. The fraction of sp³-hybridized carbons (Fsp3) is 0.143. The zero-order chi connectivity index (χ0) is 15.1. The van der Waals surface area contributed by atoms with Gasteiger partial charge in [-0.1, -0.05) is 60.7 Å². The molecule has 3 aromatic rings. The molecule has 0 bridgehead atoms. The SMILES string of the molecule is Cc1c(-c2ccccc2)c2c(n1C)C=C(c1ccccc1)C2. The topological polar surface area (TPSA) is 4.93 Å². The number of hydrogen-bond donors (Lipinski definition) is 0. The third kappa shape index (κ3) is 1.93. The quantitative estimate of drug-likeness (QED) is 0.617. The van der Waals surface area contributed by atoms with Gasteiger partial charge < -0.3 is 4.57 Å². The number of fused-ring (bicyclic) bond motifs is 1. The summed E-state index contributed by atoms with van der Waals surface area (Å²) >= 11 is 0. The second-order valence-electron chi connectivity index (χ2n) is 5.96. The van der Waals surface area contributed by atoms with Crippen molar-refractivity contribution in [2.45, 2.75) is 13.3 Å². The van der Waals surface area contributed by atoms with Gasteiger partial charge in [-0.25, -0.2) is 0 Å². The lowest BCUT2D eigenvalue weighted by Gasteiger charge is -2.07. The molecule has 1 aliphatic carbocycles. The summed E-state index contributed by atoms with van der Waals surface area (Å²) in [6.45, 7) is 2.22. The third-order valence-corrected chi connectivity index (χ3v) is 4.72. The average molecular weight is 285 g/mol. The molecule has 0 atom stereocenters. The van der Waals surface area contributed by atoms with Gasteiger partial charge in [-0.3, -0.25) is 0 Å². The molecular formula is C21H19N. The van der Waals surface area contributed by atoms with Gasteiger partial charge in [0.25, 0.3) is 0 Å². The smallest absolute Gasteiger partial charge is 0.0451 e. The Hall–Kier alpha value is -2.54. The summed E-state index contributed by atoms with van der Waals surface area (Å²) in [5.41, 5.74) is 9.63. The summed E-state index contributed by atoms with van der Waals surface area (Å²) in [6.07, 6.45) is 3.37. The van der Waals surface area contributed by atoms with Crippen molar-refractivity contribution < 1.29 is 0 Å². The molecule has 4 rings (SSSR count). The van der Waals surface area contributed by atoms with Gasteiger partial charge >= 0.3 is 0 Å². The number of benzene rings is 2. The van der Waals surface area contributed by atoms with Crippen LogP contribution in [0, 0.1) is 6.92 Å². The van der Waals surface area contributed by atoms with E-state index in [9.17, 15) is 0 Å². The monoisotopic (exact) mass is 285 g/mol. The van der Waals surface area contributed by atoms with Crippen LogP contribution in [0.1, 0.15) is 22.5 Å². The Balaban J connectivity index is 1.84. The predicted octanol–water partition coefficient (Wildman–Crippen LogP) is 5.10. The third-order valence-electron chi connectivity index (χ3n) is 4.72. The Morgan fingerprint density at radius 2 is 1.41 bits per heavy atom. The molecule has 0 aliphatic heterocycles. The molecule has 1 heteroatoms. The highest BCUT2D eigenvalue weighted by atomic mass is 15.0. The molecule has 0 saturated heterocycles. The summed E-state index contributed by atoms with van der Waals surface area (Å²) in [4.78, 5) is 0. The summed E-state index contributed by atoms with van der Waals surface area (Å²) in [5, 5.41) is 0. The van der Waals surface area contributed by atoms with Crippen LogP contribution in [0.2, 0.25) is 0 Å². The molecule has 0 radical (unpaired) electrons. The Labute approximate surface area is 131 Å². The summed E-state index contributed by atoms with van der Waals surface area (Å²) in [7, 11) is 2.17. The van der Waals surface area contributed by atoms with Crippen LogP contribution in [-0.4, -0.2) is 4.57 Å². The highest BCUT2D eigenvalue weighted by Crippen LogP contribution is 2.40. The maximum atomic E-state index is 2.35. The van der Waals surface area contributed by atoms with Crippen LogP contribution in [0.3, 0.4) is 0 Å². The van der Waals surface area contributed by atoms with Crippen molar-refractivity contribution in [1.82, 2.24) is 4.57 Å². The summed E-state index contributed by atoms with van der Waals surface area (Å²) in [6, 6.07) is 21.4. The van der Waals surface area contributed by atoms with Gasteiger partial charge in [0.15, 0.2) is 0 Å². The van der Waals surface area contributed by atoms with Crippen molar-refractivity contribution in [3.05, 3.63) is 83.2 Å². The zero-order valence-electron chi connectivity index (χ0n) is 13.0. The largest absolute Gasteiger partial charge is 0.348 e. The van der Waals surface area contributed by atoms with E-state index in [1.807, 2.05) is 0 Å². The van der Waals surface area contributed by atoms with E-state index < -0.39 is 0 Å². The summed E-state index contributed by atoms with van der Waals surface area (Å²) in [5.74, 6) is 0. The summed E-state index contributed by atoms with van der Waals surface area (Å²) < 4.78 is 2.33. The highest BCUT2D eigenvalue weighted by Gasteiger charge is 2.24. The van der Waals surface area contributed by atoms with Gasteiger partial charge in [0.05, 0.1) is 0 Å². The molecule has 0 unspecified atom stereocenters. The standard InChI is InChI=1S/C21H19N/c1-15-21(17-11-7-4-8-12-17)19-13-18(14-20(19)22(15)2)16-9-5-3-6-10-16/h3-12,14H,13H2,1-2H3. The molecule has 2 aromatic carbocycles. The lowest BCUT2D eigenvalue weighted by atomic mass is 9.97. The zero-order valence-corrected chi connectivity index (χ0v) is 13.0. The first-order valence-corrected chi connectivity index (χ1v) is 7.75. The molecule has 0 spiro atoms. The number of allylic oxidation sites excluding steroid dienone is 1. The van der Waals surface area contributed by atoms with E-state index in [1.165, 1.54) is 39.2 Å². The van der Waals surface area contributed by atoms with E-state index in [0.29, 0.717) is 0 Å². The van der Waals surface area contributed by atoms with E-state index in [1.54, 1.807) is 0 Å². The van der Waals surface area contributed by atoms with Crippen LogP contribution >= 0.6 is 0 Å². The van der Waals surface area contributed by atoms with Crippen LogP contribution < -0.4 is 0 Å². The lowest BCUT2D eigenvalue weighted by molar-refractivity contribution is 0.871. The van der Waals surface area contributed by atoms with Crippen LogP contribution in [0.5, 0.6) is 0 Å². The van der Waals surface area contributed by atoms with Gasteiger partial charge in [-0.05, 0) is 35.3 Å². The molecule has 108 valence electrons. The predicted molar refractivity (Wildman–Crippen MR) is 93.6 cm³/mol. The minimum absolute atomic E-state index is 1.02. The van der Waals surface area contributed by atoms with Gasteiger partial charge in [0.1, 0.15) is 0 Å². The van der Waals surface area contributed by atoms with Gasteiger partial charge in [-0.15, -0.1) is 0 Å². The first-order chi connectivity index (χ1) is 10.8. The number of hydrogen-bond acceptors (Lipinski definition) is 0. The second kappa shape index (κ2) is 5.03. The van der Waals surface area contributed by atoms with Crippen molar-refractivity contribution in [2.75, 3.05) is 0 Å². The maximum absolute atomic E-state index is 2.35. The van der Waals surface area contributed by atoms with Gasteiger partial charge in [-0.2, -0.15) is 0 Å². The Kier molecular flexibility index (Phi) is 3.00. The molecule has 0 N–H and O–H groups in total. The molecule has 0 amide bonds. The van der Waals surface area contributed by atoms with Crippen LogP contribution in [0.25, 0.3) is 22.8 Å². The molecule has 1 nitrogen and oxygen atoms in total. The Morgan fingerprint density at radius 1 is 0.818 bits per heavy atom. The first kappa shape index (κ1) is 13.1.